The highest BCUT2D eigenvalue weighted by Gasteiger charge is 2.27. The van der Waals surface area contributed by atoms with E-state index in [-0.39, 0.29) is 16.5 Å². The van der Waals surface area contributed by atoms with Gasteiger partial charge in [0.05, 0.1) is 6.33 Å². The van der Waals surface area contributed by atoms with Crippen LogP contribution >= 0.6 is 11.8 Å². The van der Waals surface area contributed by atoms with Gasteiger partial charge in [0, 0.05) is 56.3 Å². The van der Waals surface area contributed by atoms with E-state index in [1.807, 2.05) is 10.8 Å². The molecule has 0 bridgehead atoms. The molecule has 1 aliphatic heterocycles. The molecule has 1 amide bonds. The van der Waals surface area contributed by atoms with E-state index in [9.17, 15) is 13.2 Å². The van der Waals surface area contributed by atoms with Crippen molar-refractivity contribution in [3.63, 3.8) is 0 Å². The summed E-state index contributed by atoms with van der Waals surface area (Å²) < 4.78 is 28.5. The Hall–Kier alpha value is -1.78. The van der Waals surface area contributed by atoms with Gasteiger partial charge in [0.15, 0.2) is 0 Å². The number of sulfonamides is 1. The Balaban J connectivity index is 1.54. The summed E-state index contributed by atoms with van der Waals surface area (Å²) in [6, 6.07) is 1.41. The third-order valence-electron chi connectivity index (χ3n) is 3.95. The number of H-pyrrole nitrogens is 1. The fraction of sp³-hybridized carbons (Fsp3) is 0.467. The van der Waals surface area contributed by atoms with E-state index in [2.05, 4.69) is 15.3 Å². The number of hydrogen-bond acceptors (Lipinski definition) is 5. The summed E-state index contributed by atoms with van der Waals surface area (Å²) in [5, 5.41) is 2.79. The molecular weight excluding hydrogens is 362 g/mol. The summed E-state index contributed by atoms with van der Waals surface area (Å²) in [4.78, 5) is 19.0. The van der Waals surface area contributed by atoms with Crippen molar-refractivity contribution >= 4 is 27.7 Å². The molecule has 3 rings (SSSR count). The molecule has 8 nitrogen and oxygen atoms in total. The average Bonchev–Trinajstić information content (AvgIpc) is 3.31. The molecule has 10 heteroatoms. The van der Waals surface area contributed by atoms with Crippen LogP contribution in [0, 0.1) is 0 Å². The largest absolute Gasteiger partial charge is 0.356 e. The van der Waals surface area contributed by atoms with Gasteiger partial charge in [0.25, 0.3) is 5.91 Å². The predicted octanol–water partition coefficient (Wildman–Crippen LogP) is 0.769. The van der Waals surface area contributed by atoms with Gasteiger partial charge in [-0.25, -0.2) is 13.4 Å². The number of aromatic nitrogens is 3. The summed E-state index contributed by atoms with van der Waals surface area (Å²) in [5.41, 5.74) is 0.257. The van der Waals surface area contributed by atoms with Crippen molar-refractivity contribution < 1.29 is 13.2 Å². The van der Waals surface area contributed by atoms with Gasteiger partial charge in [-0.1, -0.05) is 0 Å². The lowest BCUT2D eigenvalue weighted by Crippen LogP contribution is -2.37. The van der Waals surface area contributed by atoms with Crippen LogP contribution in [0.1, 0.15) is 16.9 Å². The second kappa shape index (κ2) is 8.07. The summed E-state index contributed by atoms with van der Waals surface area (Å²) in [5.74, 6) is 1.29. The molecule has 1 saturated heterocycles. The van der Waals surface area contributed by atoms with E-state index >= 15 is 0 Å². The minimum absolute atomic E-state index is 0.142. The van der Waals surface area contributed by atoms with Crippen molar-refractivity contribution in [1.82, 2.24) is 24.2 Å². The molecule has 0 radical (unpaired) electrons. The Labute approximate surface area is 151 Å². The predicted molar refractivity (Wildman–Crippen MR) is 96.1 cm³/mol. The molecule has 0 saturated carbocycles. The molecule has 2 aromatic heterocycles. The Bertz CT molecular complexity index is 795. The quantitative estimate of drug-likeness (QED) is 0.688. The lowest BCUT2D eigenvalue weighted by molar-refractivity contribution is 0.0948. The molecule has 2 aromatic rings. The number of nitrogens with zero attached hydrogens (tertiary/aromatic N) is 3. The van der Waals surface area contributed by atoms with Crippen molar-refractivity contribution in [2.24, 2.45) is 0 Å². The summed E-state index contributed by atoms with van der Waals surface area (Å²) in [7, 11) is -3.53. The molecule has 3 heterocycles. The van der Waals surface area contributed by atoms with Crippen LogP contribution in [0.15, 0.2) is 35.9 Å². The fourth-order valence-electron chi connectivity index (χ4n) is 2.57. The van der Waals surface area contributed by atoms with Crippen LogP contribution in [0.2, 0.25) is 0 Å². The number of thioether (sulfide) groups is 1. The van der Waals surface area contributed by atoms with Crippen molar-refractivity contribution in [3.05, 3.63) is 36.7 Å². The minimum Gasteiger partial charge on any atom is -0.356 e. The van der Waals surface area contributed by atoms with E-state index in [4.69, 9.17) is 0 Å². The van der Waals surface area contributed by atoms with Gasteiger partial charge >= 0.3 is 0 Å². The average molecular weight is 383 g/mol. The third kappa shape index (κ3) is 4.44. The Morgan fingerprint density at radius 1 is 1.36 bits per heavy atom. The molecule has 1 fully saturated rings. The number of aryl methyl sites for hydroxylation is 1. The standard InChI is InChI=1S/C15H21N5O3S2/c21-15(17-2-1-4-19-5-3-16-12-19)14-10-13(11-18-14)25(22,23)20-6-8-24-9-7-20/h3,5,10-12,18H,1-2,4,6-9H2,(H,17,21). The van der Waals surface area contributed by atoms with Crippen LogP contribution in [0.5, 0.6) is 0 Å². The van der Waals surface area contributed by atoms with E-state index in [1.165, 1.54) is 16.6 Å². The third-order valence-corrected chi connectivity index (χ3v) is 6.77. The maximum atomic E-state index is 12.6. The van der Waals surface area contributed by atoms with Crippen LogP contribution in [0.4, 0.5) is 0 Å². The summed E-state index contributed by atoms with van der Waals surface area (Å²) in [6.45, 7) is 2.28. The first-order valence-electron chi connectivity index (χ1n) is 8.07. The van der Waals surface area contributed by atoms with E-state index < -0.39 is 10.0 Å². The Morgan fingerprint density at radius 3 is 2.88 bits per heavy atom. The topological polar surface area (TPSA) is 100 Å². The second-order valence-corrected chi connectivity index (χ2v) is 8.84. The molecule has 2 N–H and O–H groups in total. The summed E-state index contributed by atoms with van der Waals surface area (Å²) in [6.07, 6.45) is 7.45. The minimum atomic E-state index is -3.53. The highest BCUT2D eigenvalue weighted by molar-refractivity contribution is 7.99. The maximum absolute atomic E-state index is 12.6. The molecule has 0 aliphatic carbocycles. The fourth-order valence-corrected chi connectivity index (χ4v) is 5.14. The number of nitrogens with one attached hydrogen (secondary N) is 2. The highest BCUT2D eigenvalue weighted by atomic mass is 32.2. The number of aromatic amines is 1. The van der Waals surface area contributed by atoms with Gasteiger partial charge in [0.1, 0.15) is 10.6 Å². The lowest BCUT2D eigenvalue weighted by atomic mass is 10.3. The van der Waals surface area contributed by atoms with Gasteiger partial charge < -0.3 is 14.9 Å². The zero-order chi connectivity index (χ0) is 17.7. The van der Waals surface area contributed by atoms with E-state index in [0.29, 0.717) is 19.6 Å². The Morgan fingerprint density at radius 2 is 2.16 bits per heavy atom. The van der Waals surface area contributed by atoms with Crippen LogP contribution in [-0.2, 0) is 16.6 Å². The first-order chi connectivity index (χ1) is 12.1. The van der Waals surface area contributed by atoms with Gasteiger partial charge in [0.2, 0.25) is 10.0 Å². The van der Waals surface area contributed by atoms with Crippen LogP contribution in [0.3, 0.4) is 0 Å². The number of hydrogen-bond donors (Lipinski definition) is 2. The van der Waals surface area contributed by atoms with Gasteiger partial charge in [-0.2, -0.15) is 16.1 Å². The summed E-state index contributed by atoms with van der Waals surface area (Å²) >= 11 is 1.75. The second-order valence-electron chi connectivity index (χ2n) is 5.68. The van der Waals surface area contributed by atoms with Crippen molar-refractivity contribution in [2.75, 3.05) is 31.1 Å². The maximum Gasteiger partial charge on any atom is 0.267 e. The normalized spacial score (nSPS) is 16.0. The molecule has 0 spiro atoms. The van der Waals surface area contributed by atoms with E-state index in [1.54, 1.807) is 24.3 Å². The van der Waals surface area contributed by atoms with Crippen molar-refractivity contribution in [3.8, 4) is 0 Å². The zero-order valence-electron chi connectivity index (χ0n) is 13.7. The van der Waals surface area contributed by atoms with Gasteiger partial charge in [-0.15, -0.1) is 0 Å². The number of rotatable bonds is 7. The zero-order valence-corrected chi connectivity index (χ0v) is 15.4. The van der Waals surface area contributed by atoms with Crippen LogP contribution in [0.25, 0.3) is 0 Å². The van der Waals surface area contributed by atoms with Crippen molar-refractivity contribution in [2.45, 2.75) is 17.9 Å². The molecule has 25 heavy (non-hydrogen) atoms. The molecule has 1 aliphatic rings. The molecule has 0 unspecified atom stereocenters. The number of imidazole rings is 1. The molecule has 0 aromatic carbocycles. The van der Waals surface area contributed by atoms with Crippen LogP contribution < -0.4 is 5.32 Å². The number of amides is 1. The number of carbonyl (C=O) groups excluding carboxylic acids is 1. The van der Waals surface area contributed by atoms with Crippen LogP contribution in [-0.4, -0.2) is 64.3 Å². The van der Waals surface area contributed by atoms with Gasteiger partial charge in [-0.3, -0.25) is 4.79 Å². The van der Waals surface area contributed by atoms with Crippen molar-refractivity contribution in [1.29, 1.82) is 0 Å². The molecule has 136 valence electrons. The monoisotopic (exact) mass is 383 g/mol. The highest BCUT2D eigenvalue weighted by Crippen LogP contribution is 2.20. The van der Waals surface area contributed by atoms with E-state index in [0.717, 1.165) is 24.5 Å². The molecule has 0 atom stereocenters. The van der Waals surface area contributed by atoms with Gasteiger partial charge in [-0.05, 0) is 12.5 Å². The Kier molecular flexibility index (Phi) is 5.82. The smallest absolute Gasteiger partial charge is 0.267 e. The number of carbonyl (C=O) groups is 1. The lowest BCUT2D eigenvalue weighted by Gasteiger charge is -2.24. The molecular formula is C15H21N5O3S2. The first kappa shape index (κ1) is 18.0. The SMILES string of the molecule is O=C(NCCCn1ccnc1)c1cc(S(=O)(=O)N2CCSCC2)c[nH]1. The first-order valence-corrected chi connectivity index (χ1v) is 10.7.